The van der Waals surface area contributed by atoms with Crippen LogP contribution in [-0.2, 0) is 19.1 Å². The summed E-state index contributed by atoms with van der Waals surface area (Å²) in [6, 6.07) is 0.488. The molecule has 0 aromatic rings. The van der Waals surface area contributed by atoms with Gasteiger partial charge in [-0.1, -0.05) is 27.7 Å². The van der Waals surface area contributed by atoms with Gasteiger partial charge in [-0.2, -0.15) is 0 Å². The van der Waals surface area contributed by atoms with Crippen LogP contribution in [0, 0.1) is 17.8 Å². The molecule has 0 aromatic carbocycles. The Hall–Kier alpha value is -1.43. The van der Waals surface area contributed by atoms with Crippen LogP contribution in [0.15, 0.2) is 0 Å². The number of carbonyl (C=O) groups excluding carboxylic acids is 3. The summed E-state index contributed by atoms with van der Waals surface area (Å²) in [5, 5.41) is 6.24. The van der Waals surface area contributed by atoms with Crippen LogP contribution < -0.4 is 10.6 Å². The Kier molecular flexibility index (Phi) is 10.3. The van der Waals surface area contributed by atoms with Crippen molar-refractivity contribution >= 4 is 17.6 Å². The monoisotopic (exact) mass is 422 g/mol. The molecule has 0 aliphatic heterocycles. The maximum absolute atomic E-state index is 12.2. The molecule has 0 aromatic heterocycles. The Morgan fingerprint density at radius 2 is 1.37 bits per heavy atom. The predicted molar refractivity (Wildman–Crippen MR) is 118 cm³/mol. The van der Waals surface area contributed by atoms with Gasteiger partial charge in [0, 0.05) is 42.9 Å². The van der Waals surface area contributed by atoms with Gasteiger partial charge in [0.25, 0.3) is 0 Å². The third-order valence-corrected chi connectivity index (χ3v) is 6.51. The van der Waals surface area contributed by atoms with Crippen LogP contribution in [0.4, 0.5) is 0 Å². The number of hydrogen-bond donors (Lipinski definition) is 2. The van der Waals surface area contributed by atoms with Crippen molar-refractivity contribution in [3.63, 3.8) is 0 Å². The first-order valence-corrected chi connectivity index (χ1v) is 12.0. The molecule has 2 saturated carbocycles. The lowest BCUT2D eigenvalue weighted by atomic mass is 9.80. The number of rotatable bonds is 10. The average Bonchev–Trinajstić information content (AvgIpc) is 2.72. The molecule has 0 unspecified atom stereocenters. The lowest BCUT2D eigenvalue weighted by Gasteiger charge is -2.30. The van der Waals surface area contributed by atoms with Crippen LogP contribution in [0.25, 0.3) is 0 Å². The van der Waals surface area contributed by atoms with Gasteiger partial charge in [0.1, 0.15) is 5.78 Å². The highest BCUT2D eigenvalue weighted by atomic mass is 16.5. The number of nitrogens with one attached hydrogen (secondary N) is 2. The molecule has 0 saturated heterocycles. The molecule has 0 bridgehead atoms. The highest BCUT2D eigenvalue weighted by Crippen LogP contribution is 2.27. The first-order valence-electron chi connectivity index (χ1n) is 12.0. The van der Waals surface area contributed by atoms with E-state index in [0.717, 1.165) is 57.8 Å². The van der Waals surface area contributed by atoms with Gasteiger partial charge in [-0.15, -0.1) is 0 Å². The molecule has 0 heterocycles. The fraction of sp³-hybridized carbons (Fsp3) is 0.875. The Balaban J connectivity index is 1.52. The molecular formula is C24H42N2O4. The molecule has 2 N–H and O–H groups in total. The third kappa shape index (κ3) is 8.37. The highest BCUT2D eigenvalue weighted by molar-refractivity contribution is 5.83. The Labute approximate surface area is 182 Å². The maximum Gasteiger partial charge on any atom is 0.222 e. The molecule has 6 heteroatoms. The smallest absolute Gasteiger partial charge is 0.222 e. The summed E-state index contributed by atoms with van der Waals surface area (Å²) in [7, 11) is 0. The summed E-state index contributed by atoms with van der Waals surface area (Å²) in [5.74, 6) is 0.911. The topological polar surface area (TPSA) is 84.5 Å². The first-order chi connectivity index (χ1) is 14.3. The van der Waals surface area contributed by atoms with Gasteiger partial charge in [-0.25, -0.2) is 0 Å². The summed E-state index contributed by atoms with van der Waals surface area (Å²) in [6.07, 6.45) is 8.93. The molecule has 6 nitrogen and oxygen atoms in total. The first kappa shape index (κ1) is 24.8. The van der Waals surface area contributed by atoms with Crippen molar-refractivity contribution < 1.29 is 19.1 Å². The quantitative estimate of drug-likeness (QED) is 0.525. The van der Waals surface area contributed by atoms with Gasteiger partial charge >= 0.3 is 0 Å². The number of Topliss-reactive ketones (excluding diaryl/α,β-unsaturated/α-hetero) is 1. The van der Waals surface area contributed by atoms with E-state index in [1.165, 1.54) is 0 Å². The van der Waals surface area contributed by atoms with Crippen molar-refractivity contribution in [2.24, 2.45) is 17.8 Å². The average molecular weight is 423 g/mol. The summed E-state index contributed by atoms with van der Waals surface area (Å²) in [6.45, 7) is 8.37. The molecule has 172 valence electrons. The number of ketones is 1. The van der Waals surface area contributed by atoms with Gasteiger partial charge in [0.2, 0.25) is 11.8 Å². The van der Waals surface area contributed by atoms with E-state index in [9.17, 15) is 14.4 Å². The molecule has 2 aliphatic carbocycles. The number of carbonyl (C=O) groups is 3. The van der Waals surface area contributed by atoms with Crippen molar-refractivity contribution in [1.29, 1.82) is 0 Å². The maximum atomic E-state index is 12.2. The standard InChI is InChI=1S/C24H42N2O4/c1-16(2)23(28)18-7-9-19(10-8-18)25-22(27)6-5-15-30-21-13-11-20(12-14-21)26-24(29)17(3)4/h16-21H,5-15H2,1-4H3,(H,25,27)(H,26,29). The Morgan fingerprint density at radius 3 is 1.93 bits per heavy atom. The minimum absolute atomic E-state index is 0.0303. The number of hydrogen-bond acceptors (Lipinski definition) is 4. The van der Waals surface area contributed by atoms with E-state index >= 15 is 0 Å². The number of ether oxygens (including phenoxy) is 1. The minimum Gasteiger partial charge on any atom is -0.378 e. The zero-order valence-corrected chi connectivity index (χ0v) is 19.4. The van der Waals surface area contributed by atoms with Crippen LogP contribution in [0.5, 0.6) is 0 Å². The van der Waals surface area contributed by atoms with E-state index in [4.69, 9.17) is 4.74 Å². The van der Waals surface area contributed by atoms with E-state index < -0.39 is 0 Å². The van der Waals surface area contributed by atoms with Crippen LogP contribution in [-0.4, -0.2) is 42.4 Å². The van der Waals surface area contributed by atoms with Crippen LogP contribution in [0.1, 0.15) is 91.9 Å². The van der Waals surface area contributed by atoms with E-state index in [1.54, 1.807) is 0 Å². The summed E-state index contributed by atoms with van der Waals surface area (Å²) >= 11 is 0. The minimum atomic E-state index is 0.0303. The van der Waals surface area contributed by atoms with Crippen molar-refractivity contribution in [3.05, 3.63) is 0 Å². The van der Waals surface area contributed by atoms with E-state index in [-0.39, 0.29) is 47.8 Å². The summed E-state index contributed by atoms with van der Waals surface area (Å²) in [4.78, 5) is 36.1. The second-order valence-electron chi connectivity index (χ2n) is 9.78. The molecule has 2 amide bonds. The highest BCUT2D eigenvalue weighted by Gasteiger charge is 2.28. The third-order valence-electron chi connectivity index (χ3n) is 6.51. The van der Waals surface area contributed by atoms with E-state index in [2.05, 4.69) is 10.6 Å². The molecule has 2 rings (SSSR count). The normalized spacial score (nSPS) is 27.1. The van der Waals surface area contributed by atoms with Gasteiger partial charge in [-0.3, -0.25) is 14.4 Å². The molecule has 0 spiro atoms. The lowest BCUT2D eigenvalue weighted by Crippen LogP contribution is -2.41. The second-order valence-corrected chi connectivity index (χ2v) is 9.78. The second kappa shape index (κ2) is 12.4. The fourth-order valence-corrected chi connectivity index (χ4v) is 4.52. The fourth-order valence-electron chi connectivity index (χ4n) is 4.52. The Bertz CT molecular complexity index is 560. The molecule has 0 atom stereocenters. The van der Waals surface area contributed by atoms with Crippen LogP contribution >= 0.6 is 0 Å². The van der Waals surface area contributed by atoms with Gasteiger partial charge in [0.05, 0.1) is 6.10 Å². The van der Waals surface area contributed by atoms with Gasteiger partial charge < -0.3 is 15.4 Å². The van der Waals surface area contributed by atoms with Crippen molar-refractivity contribution in [1.82, 2.24) is 10.6 Å². The van der Waals surface area contributed by atoms with Crippen molar-refractivity contribution in [2.45, 2.75) is 110 Å². The predicted octanol–water partition coefficient (Wildman–Crippen LogP) is 3.77. The SMILES string of the molecule is CC(C)C(=O)NC1CCC(OCCCC(=O)NC2CCC(C(=O)C(C)C)CC2)CC1. The van der Waals surface area contributed by atoms with E-state index in [1.807, 2.05) is 27.7 Å². The van der Waals surface area contributed by atoms with Crippen LogP contribution in [0.2, 0.25) is 0 Å². The molecule has 0 radical (unpaired) electrons. The molecule has 30 heavy (non-hydrogen) atoms. The van der Waals surface area contributed by atoms with E-state index in [0.29, 0.717) is 18.8 Å². The zero-order valence-electron chi connectivity index (χ0n) is 19.4. The van der Waals surface area contributed by atoms with Gasteiger partial charge in [-0.05, 0) is 57.8 Å². The number of amides is 2. The molecule has 2 fully saturated rings. The van der Waals surface area contributed by atoms with Gasteiger partial charge in [0.15, 0.2) is 0 Å². The zero-order chi connectivity index (χ0) is 22.1. The molecular weight excluding hydrogens is 380 g/mol. The Morgan fingerprint density at radius 1 is 0.800 bits per heavy atom. The summed E-state index contributed by atoms with van der Waals surface area (Å²) in [5.41, 5.74) is 0. The lowest BCUT2D eigenvalue weighted by molar-refractivity contribution is -0.127. The van der Waals surface area contributed by atoms with Crippen LogP contribution in [0.3, 0.4) is 0 Å². The summed E-state index contributed by atoms with van der Waals surface area (Å²) < 4.78 is 5.96. The molecule has 2 aliphatic rings. The van der Waals surface area contributed by atoms with Crippen molar-refractivity contribution in [3.8, 4) is 0 Å². The largest absolute Gasteiger partial charge is 0.378 e. The van der Waals surface area contributed by atoms with Crippen molar-refractivity contribution in [2.75, 3.05) is 6.61 Å².